The quantitative estimate of drug-likeness (QED) is 0.782. The summed E-state index contributed by atoms with van der Waals surface area (Å²) in [5.74, 6) is 0.424. The van der Waals surface area contributed by atoms with E-state index in [4.69, 9.17) is 4.74 Å². The van der Waals surface area contributed by atoms with Crippen LogP contribution in [0.4, 0.5) is 0 Å². The number of amides is 1. The van der Waals surface area contributed by atoms with Crippen molar-refractivity contribution in [1.82, 2.24) is 14.6 Å². The van der Waals surface area contributed by atoms with E-state index in [2.05, 4.69) is 9.71 Å². The van der Waals surface area contributed by atoms with Gasteiger partial charge in [0.2, 0.25) is 21.8 Å². The van der Waals surface area contributed by atoms with Crippen molar-refractivity contribution < 1.29 is 17.9 Å². The molecule has 7 nitrogen and oxygen atoms in total. The van der Waals surface area contributed by atoms with E-state index in [1.807, 2.05) is 36.1 Å². The molecule has 2 saturated heterocycles. The number of ether oxygens (including phenoxy) is 1. The standard InChI is InChI=1S/C21H25N3O4S/c1-15-5-4-6-19(11-15)29(26,27)23-14-21(25)24-16-8-9-17(24)13-18(12-16)28-20-7-2-3-10-22-20/h2-7,10-11,16-18,23H,8-9,12-14H2,1H3. The summed E-state index contributed by atoms with van der Waals surface area (Å²) in [6, 6.07) is 12.4. The highest BCUT2D eigenvalue weighted by molar-refractivity contribution is 7.89. The molecule has 0 radical (unpaired) electrons. The summed E-state index contributed by atoms with van der Waals surface area (Å²) in [5, 5.41) is 0. The molecule has 2 aliphatic heterocycles. The monoisotopic (exact) mass is 415 g/mol. The summed E-state index contributed by atoms with van der Waals surface area (Å²) in [5.41, 5.74) is 0.854. The van der Waals surface area contributed by atoms with E-state index in [0.717, 1.165) is 31.2 Å². The van der Waals surface area contributed by atoms with E-state index in [1.54, 1.807) is 18.3 Å². The Morgan fingerprint density at radius 2 is 1.93 bits per heavy atom. The van der Waals surface area contributed by atoms with Crippen LogP contribution in [0, 0.1) is 6.92 Å². The fraction of sp³-hybridized carbons (Fsp3) is 0.429. The smallest absolute Gasteiger partial charge is 0.241 e. The predicted molar refractivity (Wildman–Crippen MR) is 108 cm³/mol. The number of carbonyl (C=O) groups excluding carboxylic acids is 1. The van der Waals surface area contributed by atoms with Gasteiger partial charge in [-0.05, 0) is 43.5 Å². The fourth-order valence-electron chi connectivity index (χ4n) is 4.33. The van der Waals surface area contributed by atoms with Gasteiger partial charge in [0.15, 0.2) is 0 Å². The molecule has 1 aromatic heterocycles. The minimum Gasteiger partial charge on any atom is -0.474 e. The van der Waals surface area contributed by atoms with Crippen LogP contribution in [0.1, 0.15) is 31.2 Å². The summed E-state index contributed by atoms with van der Waals surface area (Å²) in [7, 11) is -3.71. The molecule has 1 aromatic carbocycles. The van der Waals surface area contributed by atoms with E-state index in [9.17, 15) is 13.2 Å². The van der Waals surface area contributed by atoms with E-state index in [1.165, 1.54) is 6.07 Å². The number of aryl methyl sites for hydroxylation is 1. The number of fused-ring (bicyclic) bond motifs is 2. The average Bonchev–Trinajstić information content (AvgIpc) is 2.98. The third-order valence-corrected chi connectivity index (χ3v) is 7.02. The van der Waals surface area contributed by atoms with Crippen molar-refractivity contribution in [1.29, 1.82) is 0 Å². The molecule has 2 bridgehead atoms. The highest BCUT2D eigenvalue weighted by Crippen LogP contribution is 2.37. The Bertz CT molecular complexity index is 966. The SMILES string of the molecule is Cc1cccc(S(=O)(=O)NCC(=O)N2C3CCC2CC(Oc2ccccn2)C3)c1. The van der Waals surface area contributed by atoms with Crippen LogP contribution in [0.5, 0.6) is 5.88 Å². The van der Waals surface area contributed by atoms with E-state index in [0.29, 0.717) is 5.88 Å². The number of piperidine rings is 1. The number of hydrogen-bond acceptors (Lipinski definition) is 5. The average molecular weight is 416 g/mol. The highest BCUT2D eigenvalue weighted by atomic mass is 32.2. The van der Waals surface area contributed by atoms with Crippen molar-refractivity contribution in [2.24, 2.45) is 0 Å². The number of nitrogens with zero attached hydrogens (tertiary/aromatic N) is 2. The third-order valence-electron chi connectivity index (χ3n) is 5.62. The van der Waals surface area contributed by atoms with E-state index < -0.39 is 10.0 Å². The number of benzene rings is 1. The number of rotatable bonds is 6. The maximum absolute atomic E-state index is 12.8. The molecule has 29 heavy (non-hydrogen) atoms. The van der Waals surface area contributed by atoms with E-state index >= 15 is 0 Å². The number of hydrogen-bond donors (Lipinski definition) is 1. The summed E-state index contributed by atoms with van der Waals surface area (Å²) in [6.07, 6.45) is 5.04. The molecule has 2 atom stereocenters. The number of pyridine rings is 1. The number of sulfonamides is 1. The lowest BCUT2D eigenvalue weighted by Gasteiger charge is -2.38. The maximum Gasteiger partial charge on any atom is 0.241 e. The lowest BCUT2D eigenvalue weighted by Crippen LogP contribution is -2.52. The third kappa shape index (κ3) is 4.43. The van der Waals surface area contributed by atoms with Crippen molar-refractivity contribution >= 4 is 15.9 Å². The first-order valence-electron chi connectivity index (χ1n) is 9.87. The number of aromatic nitrogens is 1. The number of carbonyl (C=O) groups is 1. The second-order valence-corrected chi connectivity index (χ2v) is 9.47. The van der Waals surface area contributed by atoms with Crippen LogP contribution in [0.3, 0.4) is 0 Å². The van der Waals surface area contributed by atoms with Gasteiger partial charge in [0, 0.05) is 37.2 Å². The maximum atomic E-state index is 12.8. The van der Waals surface area contributed by atoms with Gasteiger partial charge in [-0.2, -0.15) is 0 Å². The molecule has 2 unspecified atom stereocenters. The molecule has 2 aliphatic rings. The Labute approximate surface area is 171 Å². The Morgan fingerprint density at radius 3 is 2.59 bits per heavy atom. The zero-order chi connectivity index (χ0) is 20.4. The molecule has 1 N–H and O–H groups in total. The van der Waals surface area contributed by atoms with Gasteiger partial charge in [-0.3, -0.25) is 4.79 Å². The zero-order valence-electron chi connectivity index (χ0n) is 16.3. The summed E-state index contributed by atoms with van der Waals surface area (Å²) < 4.78 is 33.4. The van der Waals surface area contributed by atoms with Gasteiger partial charge in [0.1, 0.15) is 6.10 Å². The molecular weight excluding hydrogens is 390 g/mol. The van der Waals surface area contributed by atoms with Crippen LogP contribution in [0.25, 0.3) is 0 Å². The molecule has 0 saturated carbocycles. The van der Waals surface area contributed by atoms with Crippen LogP contribution in [0.2, 0.25) is 0 Å². The van der Waals surface area contributed by atoms with Crippen LogP contribution in [-0.4, -0.2) is 48.9 Å². The zero-order valence-corrected chi connectivity index (χ0v) is 17.1. The minimum atomic E-state index is -3.71. The molecule has 0 spiro atoms. The molecule has 1 amide bonds. The van der Waals surface area contributed by atoms with Crippen LogP contribution in [-0.2, 0) is 14.8 Å². The molecule has 2 aromatic rings. The van der Waals surface area contributed by atoms with Crippen LogP contribution < -0.4 is 9.46 Å². The van der Waals surface area contributed by atoms with Gasteiger partial charge in [-0.1, -0.05) is 18.2 Å². The Kier molecular flexibility index (Phi) is 5.56. The highest BCUT2D eigenvalue weighted by Gasteiger charge is 2.44. The summed E-state index contributed by atoms with van der Waals surface area (Å²) in [6.45, 7) is 1.61. The van der Waals surface area contributed by atoms with Crippen molar-refractivity contribution in [3.63, 3.8) is 0 Å². The molecule has 154 valence electrons. The second-order valence-electron chi connectivity index (χ2n) is 7.71. The van der Waals surface area contributed by atoms with Gasteiger partial charge < -0.3 is 9.64 Å². The Balaban J connectivity index is 1.36. The fourth-order valence-corrected chi connectivity index (χ4v) is 5.41. The first kappa shape index (κ1) is 19.8. The van der Waals surface area contributed by atoms with Crippen LogP contribution in [0.15, 0.2) is 53.6 Å². The van der Waals surface area contributed by atoms with Gasteiger partial charge in [0.25, 0.3) is 0 Å². The van der Waals surface area contributed by atoms with E-state index in [-0.39, 0.29) is 35.5 Å². The lowest BCUT2D eigenvalue weighted by molar-refractivity contribution is -0.135. The van der Waals surface area contributed by atoms with Gasteiger partial charge in [-0.25, -0.2) is 18.1 Å². The van der Waals surface area contributed by atoms with Crippen molar-refractivity contribution in [2.45, 2.75) is 55.7 Å². The minimum absolute atomic E-state index is 0.0236. The molecule has 2 fully saturated rings. The van der Waals surface area contributed by atoms with Crippen LogP contribution >= 0.6 is 0 Å². The first-order valence-corrected chi connectivity index (χ1v) is 11.4. The summed E-state index contributed by atoms with van der Waals surface area (Å²) >= 11 is 0. The van der Waals surface area contributed by atoms with Crippen molar-refractivity contribution in [3.05, 3.63) is 54.2 Å². The topological polar surface area (TPSA) is 88.6 Å². The summed E-state index contributed by atoms with van der Waals surface area (Å²) in [4.78, 5) is 19.1. The molecule has 0 aliphatic carbocycles. The molecule has 4 rings (SSSR count). The van der Waals surface area contributed by atoms with Crippen molar-refractivity contribution in [2.75, 3.05) is 6.54 Å². The van der Waals surface area contributed by atoms with Gasteiger partial charge >= 0.3 is 0 Å². The first-order chi connectivity index (χ1) is 13.9. The van der Waals surface area contributed by atoms with Gasteiger partial charge in [-0.15, -0.1) is 0 Å². The molecule has 3 heterocycles. The second kappa shape index (κ2) is 8.12. The number of nitrogens with one attached hydrogen (secondary N) is 1. The predicted octanol–water partition coefficient (Wildman–Crippen LogP) is 2.27. The van der Waals surface area contributed by atoms with Gasteiger partial charge in [0.05, 0.1) is 11.4 Å². The van der Waals surface area contributed by atoms with Crippen molar-refractivity contribution in [3.8, 4) is 5.88 Å². The normalized spacial score (nSPS) is 23.8. The molecular formula is C21H25N3O4S. The Morgan fingerprint density at radius 1 is 1.17 bits per heavy atom. The molecule has 8 heteroatoms. The lowest BCUT2D eigenvalue weighted by atomic mass is 9.99. The Hall–Kier alpha value is -2.45. The largest absolute Gasteiger partial charge is 0.474 e.